The zero-order chi connectivity index (χ0) is 19.4. The third kappa shape index (κ3) is 4.16. The predicted molar refractivity (Wildman–Crippen MR) is 103 cm³/mol. The zero-order valence-corrected chi connectivity index (χ0v) is 15.4. The van der Waals surface area contributed by atoms with Crippen molar-refractivity contribution < 1.29 is 19.1 Å². The van der Waals surface area contributed by atoms with E-state index in [1.54, 1.807) is 48.5 Å². The van der Waals surface area contributed by atoms with Crippen LogP contribution in [0.5, 0.6) is 5.75 Å². The lowest BCUT2D eigenvalue weighted by Gasteiger charge is -2.16. The topological polar surface area (TPSA) is 84.5 Å². The van der Waals surface area contributed by atoms with E-state index in [2.05, 4.69) is 10.6 Å². The van der Waals surface area contributed by atoms with Gasteiger partial charge in [0.15, 0.2) is 5.78 Å². The highest BCUT2D eigenvalue weighted by molar-refractivity contribution is 6.17. The standard InChI is InChI=1S/C21H22N2O4/c1-3-27-18-9-7-16(8-10-18)22-19(25)21(11-12-21)20(26)23-17-6-4-5-15(13-17)14(2)24/h4-10,13H,3,11-12H2,1-2H3,(H,22,25)(H,23,26). The maximum absolute atomic E-state index is 12.7. The van der Waals surface area contributed by atoms with E-state index in [9.17, 15) is 14.4 Å². The summed E-state index contributed by atoms with van der Waals surface area (Å²) in [7, 11) is 0. The van der Waals surface area contributed by atoms with Crippen molar-refractivity contribution in [3.63, 3.8) is 0 Å². The maximum atomic E-state index is 12.7. The van der Waals surface area contributed by atoms with Crippen molar-refractivity contribution in [2.45, 2.75) is 26.7 Å². The van der Waals surface area contributed by atoms with Crippen LogP contribution in [0.3, 0.4) is 0 Å². The van der Waals surface area contributed by atoms with E-state index in [4.69, 9.17) is 4.74 Å². The molecule has 0 radical (unpaired) electrons. The number of amides is 2. The van der Waals surface area contributed by atoms with Crippen LogP contribution < -0.4 is 15.4 Å². The van der Waals surface area contributed by atoms with Gasteiger partial charge < -0.3 is 15.4 Å². The Labute approximate surface area is 157 Å². The molecule has 6 heteroatoms. The Balaban J connectivity index is 1.66. The zero-order valence-electron chi connectivity index (χ0n) is 15.4. The van der Waals surface area contributed by atoms with E-state index in [0.29, 0.717) is 36.4 Å². The summed E-state index contributed by atoms with van der Waals surface area (Å²) in [6.07, 6.45) is 0.988. The normalized spacial score (nSPS) is 14.1. The highest BCUT2D eigenvalue weighted by Crippen LogP contribution is 2.47. The van der Waals surface area contributed by atoms with Gasteiger partial charge in [0.25, 0.3) is 0 Å². The highest BCUT2D eigenvalue weighted by Gasteiger charge is 2.56. The van der Waals surface area contributed by atoms with E-state index in [1.165, 1.54) is 6.92 Å². The van der Waals surface area contributed by atoms with Crippen molar-refractivity contribution in [1.82, 2.24) is 0 Å². The van der Waals surface area contributed by atoms with Crippen LogP contribution in [0.25, 0.3) is 0 Å². The van der Waals surface area contributed by atoms with E-state index < -0.39 is 5.41 Å². The summed E-state index contributed by atoms with van der Waals surface area (Å²) >= 11 is 0. The second-order valence-corrected chi connectivity index (χ2v) is 6.58. The molecule has 2 aromatic rings. The smallest absolute Gasteiger partial charge is 0.240 e. The van der Waals surface area contributed by atoms with Gasteiger partial charge in [-0.2, -0.15) is 0 Å². The molecule has 1 fully saturated rings. The molecule has 3 rings (SSSR count). The van der Waals surface area contributed by atoms with Gasteiger partial charge in [-0.1, -0.05) is 12.1 Å². The summed E-state index contributed by atoms with van der Waals surface area (Å²) in [5.41, 5.74) is 0.565. The van der Waals surface area contributed by atoms with Crippen LogP contribution >= 0.6 is 0 Å². The molecule has 1 aliphatic carbocycles. The molecule has 140 valence electrons. The van der Waals surface area contributed by atoms with Gasteiger partial charge in [-0.15, -0.1) is 0 Å². The summed E-state index contributed by atoms with van der Waals surface area (Å²) < 4.78 is 5.38. The van der Waals surface area contributed by atoms with Gasteiger partial charge in [0.2, 0.25) is 11.8 Å². The molecule has 0 spiro atoms. The molecular formula is C21H22N2O4. The molecule has 6 nitrogen and oxygen atoms in total. The molecule has 0 bridgehead atoms. The molecule has 1 aliphatic rings. The van der Waals surface area contributed by atoms with Crippen molar-refractivity contribution in [1.29, 1.82) is 0 Å². The van der Waals surface area contributed by atoms with Gasteiger partial charge >= 0.3 is 0 Å². The fourth-order valence-electron chi connectivity index (χ4n) is 2.80. The molecule has 0 heterocycles. The van der Waals surface area contributed by atoms with Gasteiger partial charge in [-0.3, -0.25) is 14.4 Å². The van der Waals surface area contributed by atoms with Crippen LogP contribution in [0.2, 0.25) is 0 Å². The lowest BCUT2D eigenvalue weighted by molar-refractivity contribution is -0.131. The minimum absolute atomic E-state index is 0.0829. The number of Topliss-reactive ketones (excluding diaryl/α,β-unsaturated/α-hetero) is 1. The van der Waals surface area contributed by atoms with E-state index >= 15 is 0 Å². The second-order valence-electron chi connectivity index (χ2n) is 6.58. The minimum atomic E-state index is -1.06. The lowest BCUT2D eigenvalue weighted by atomic mass is 10.0. The Kier molecular flexibility index (Phi) is 5.26. The number of carbonyl (C=O) groups excluding carboxylic acids is 3. The molecule has 2 aromatic carbocycles. The summed E-state index contributed by atoms with van der Waals surface area (Å²) in [5, 5.41) is 5.56. The summed E-state index contributed by atoms with van der Waals surface area (Å²) in [6.45, 7) is 3.94. The molecule has 0 saturated heterocycles. The first-order valence-corrected chi connectivity index (χ1v) is 8.91. The van der Waals surface area contributed by atoms with Crippen molar-refractivity contribution in [2.24, 2.45) is 5.41 Å². The minimum Gasteiger partial charge on any atom is -0.494 e. The van der Waals surface area contributed by atoms with E-state index in [1.807, 2.05) is 6.92 Å². The number of ether oxygens (including phenoxy) is 1. The van der Waals surface area contributed by atoms with Crippen LogP contribution in [0.1, 0.15) is 37.0 Å². The third-order valence-electron chi connectivity index (χ3n) is 4.57. The fraction of sp³-hybridized carbons (Fsp3) is 0.286. The molecule has 1 saturated carbocycles. The Morgan fingerprint density at radius 1 is 0.963 bits per heavy atom. The number of hydrogen-bond acceptors (Lipinski definition) is 4. The van der Waals surface area contributed by atoms with E-state index in [0.717, 1.165) is 5.75 Å². The van der Waals surface area contributed by atoms with Crippen molar-refractivity contribution >= 4 is 29.0 Å². The number of hydrogen-bond donors (Lipinski definition) is 2. The van der Waals surface area contributed by atoms with Crippen LogP contribution in [0, 0.1) is 5.41 Å². The van der Waals surface area contributed by atoms with Gasteiger partial charge in [0.1, 0.15) is 11.2 Å². The first kappa shape index (κ1) is 18.6. The Morgan fingerprint density at radius 2 is 1.59 bits per heavy atom. The Morgan fingerprint density at radius 3 is 2.15 bits per heavy atom. The monoisotopic (exact) mass is 366 g/mol. The van der Waals surface area contributed by atoms with Gasteiger partial charge in [0, 0.05) is 16.9 Å². The number of carbonyl (C=O) groups is 3. The number of ketones is 1. The van der Waals surface area contributed by atoms with E-state index in [-0.39, 0.29) is 17.6 Å². The summed E-state index contributed by atoms with van der Waals surface area (Å²) in [6, 6.07) is 13.7. The van der Waals surface area contributed by atoms with Gasteiger partial charge in [0.05, 0.1) is 6.61 Å². The number of nitrogens with one attached hydrogen (secondary N) is 2. The third-order valence-corrected chi connectivity index (χ3v) is 4.57. The molecule has 0 aliphatic heterocycles. The first-order chi connectivity index (χ1) is 12.9. The molecule has 2 N–H and O–H groups in total. The molecule has 27 heavy (non-hydrogen) atoms. The number of rotatable bonds is 7. The van der Waals surface area contributed by atoms with Crippen LogP contribution in [0.4, 0.5) is 11.4 Å². The van der Waals surface area contributed by atoms with Crippen molar-refractivity contribution in [3.8, 4) is 5.75 Å². The molecule has 0 unspecified atom stereocenters. The fourth-order valence-corrected chi connectivity index (χ4v) is 2.80. The SMILES string of the molecule is CCOc1ccc(NC(=O)C2(C(=O)Nc3cccc(C(C)=O)c3)CC2)cc1. The molecule has 0 aromatic heterocycles. The largest absolute Gasteiger partial charge is 0.494 e. The number of anilines is 2. The first-order valence-electron chi connectivity index (χ1n) is 8.91. The van der Waals surface area contributed by atoms with Crippen molar-refractivity contribution in [2.75, 3.05) is 17.2 Å². The highest BCUT2D eigenvalue weighted by atomic mass is 16.5. The lowest BCUT2D eigenvalue weighted by Crippen LogP contribution is -2.35. The van der Waals surface area contributed by atoms with Crippen LogP contribution in [0.15, 0.2) is 48.5 Å². The van der Waals surface area contributed by atoms with Crippen LogP contribution in [-0.4, -0.2) is 24.2 Å². The molecule has 2 amide bonds. The van der Waals surface area contributed by atoms with Crippen LogP contribution in [-0.2, 0) is 9.59 Å². The quantitative estimate of drug-likeness (QED) is 0.579. The maximum Gasteiger partial charge on any atom is 0.240 e. The van der Waals surface area contributed by atoms with Gasteiger partial charge in [-0.05, 0) is 63.1 Å². The van der Waals surface area contributed by atoms with Crippen molar-refractivity contribution in [3.05, 3.63) is 54.1 Å². The predicted octanol–water partition coefficient (Wildman–Crippen LogP) is 3.65. The average molecular weight is 366 g/mol. The summed E-state index contributed by atoms with van der Waals surface area (Å²) in [5.74, 6) is -0.0428. The van der Waals surface area contributed by atoms with Gasteiger partial charge in [-0.25, -0.2) is 0 Å². The Hall–Kier alpha value is -3.15. The average Bonchev–Trinajstić information content (AvgIpc) is 3.46. The summed E-state index contributed by atoms with van der Waals surface area (Å²) in [4.78, 5) is 36.8. The molecular weight excluding hydrogens is 344 g/mol. The number of benzene rings is 2. The molecule has 0 atom stereocenters. The Bertz CT molecular complexity index is 870. The second kappa shape index (κ2) is 7.61.